The molecule has 0 saturated carbocycles. The highest BCUT2D eigenvalue weighted by Crippen LogP contribution is 2.27. The molecule has 0 spiro atoms. The molecule has 1 aromatic heterocycles. The number of nitrogens with two attached hydrogens (primary N) is 1. The summed E-state index contributed by atoms with van der Waals surface area (Å²) in [6.07, 6.45) is 3.36. The molecule has 0 radical (unpaired) electrons. The Morgan fingerprint density at radius 3 is 2.79 bits per heavy atom. The van der Waals surface area contributed by atoms with E-state index in [-0.39, 0.29) is 0 Å². The summed E-state index contributed by atoms with van der Waals surface area (Å²) in [6.45, 7) is 0. The fourth-order valence-electron chi connectivity index (χ4n) is 1.83. The highest BCUT2D eigenvalue weighted by molar-refractivity contribution is 5.84. The Morgan fingerprint density at radius 2 is 2.21 bits per heavy atom. The Labute approximate surface area is 111 Å². The summed E-state index contributed by atoms with van der Waals surface area (Å²) >= 11 is 0. The summed E-state index contributed by atoms with van der Waals surface area (Å²) < 4.78 is 6.85. The number of benzene rings is 1. The standard InChI is InChI=1S/C13H16N4O2/c1-17-8-9(7-15-17)12(13(14)18)16-10-5-3-4-6-11(10)19-2/h3-8,12,16H,1-2H3,(H2,14,18). The van der Waals surface area contributed by atoms with Gasteiger partial charge in [-0.2, -0.15) is 5.10 Å². The van der Waals surface area contributed by atoms with Crippen LogP contribution in [0.25, 0.3) is 0 Å². The van der Waals surface area contributed by atoms with E-state index in [1.807, 2.05) is 24.3 Å². The molecule has 0 aliphatic rings. The predicted molar refractivity (Wildman–Crippen MR) is 71.8 cm³/mol. The summed E-state index contributed by atoms with van der Waals surface area (Å²) in [5, 5.41) is 7.12. The minimum absolute atomic E-state index is 0.473. The van der Waals surface area contributed by atoms with Crippen molar-refractivity contribution in [3.8, 4) is 5.75 Å². The zero-order valence-electron chi connectivity index (χ0n) is 10.8. The van der Waals surface area contributed by atoms with Crippen LogP contribution in [-0.2, 0) is 11.8 Å². The van der Waals surface area contributed by atoms with Gasteiger partial charge in [0.05, 0.1) is 19.0 Å². The van der Waals surface area contributed by atoms with E-state index in [4.69, 9.17) is 10.5 Å². The van der Waals surface area contributed by atoms with Gasteiger partial charge in [-0.3, -0.25) is 9.48 Å². The lowest BCUT2D eigenvalue weighted by molar-refractivity contribution is -0.118. The maximum absolute atomic E-state index is 11.6. The molecule has 100 valence electrons. The van der Waals surface area contributed by atoms with Gasteiger partial charge in [-0.15, -0.1) is 0 Å². The molecule has 6 heteroatoms. The van der Waals surface area contributed by atoms with Crippen LogP contribution in [-0.4, -0.2) is 22.8 Å². The first-order chi connectivity index (χ1) is 9.11. The van der Waals surface area contributed by atoms with Gasteiger partial charge in [0.1, 0.15) is 11.8 Å². The van der Waals surface area contributed by atoms with Gasteiger partial charge in [-0.25, -0.2) is 0 Å². The monoisotopic (exact) mass is 260 g/mol. The van der Waals surface area contributed by atoms with Gasteiger partial charge in [0.25, 0.3) is 0 Å². The molecular weight excluding hydrogens is 244 g/mol. The Bertz CT molecular complexity index is 580. The topological polar surface area (TPSA) is 82.2 Å². The van der Waals surface area contributed by atoms with Crippen LogP contribution in [0, 0.1) is 0 Å². The molecule has 1 atom stereocenters. The fraction of sp³-hybridized carbons (Fsp3) is 0.231. The average molecular weight is 260 g/mol. The molecule has 2 aromatic rings. The molecule has 1 aromatic carbocycles. The summed E-state index contributed by atoms with van der Waals surface area (Å²) in [5.74, 6) is 0.177. The van der Waals surface area contributed by atoms with E-state index < -0.39 is 11.9 Å². The van der Waals surface area contributed by atoms with E-state index in [0.29, 0.717) is 17.0 Å². The number of anilines is 1. The highest BCUT2D eigenvalue weighted by Gasteiger charge is 2.20. The number of nitrogens with zero attached hydrogens (tertiary/aromatic N) is 2. The number of aryl methyl sites for hydroxylation is 1. The van der Waals surface area contributed by atoms with E-state index in [0.717, 1.165) is 0 Å². The third kappa shape index (κ3) is 2.85. The third-order valence-corrected chi connectivity index (χ3v) is 2.75. The van der Waals surface area contributed by atoms with Crippen molar-refractivity contribution in [3.05, 3.63) is 42.2 Å². The number of para-hydroxylation sites is 2. The summed E-state index contributed by atoms with van der Waals surface area (Å²) in [5.41, 5.74) is 6.85. The van der Waals surface area contributed by atoms with E-state index >= 15 is 0 Å². The van der Waals surface area contributed by atoms with Crippen molar-refractivity contribution in [2.45, 2.75) is 6.04 Å². The number of ether oxygens (including phenoxy) is 1. The van der Waals surface area contributed by atoms with Gasteiger partial charge < -0.3 is 15.8 Å². The molecule has 1 heterocycles. The van der Waals surface area contributed by atoms with Crippen LogP contribution in [0.15, 0.2) is 36.7 Å². The van der Waals surface area contributed by atoms with Crippen molar-refractivity contribution in [3.63, 3.8) is 0 Å². The lowest BCUT2D eigenvalue weighted by Gasteiger charge is -2.17. The molecule has 0 saturated heterocycles. The second kappa shape index (κ2) is 5.43. The maximum Gasteiger partial charge on any atom is 0.244 e. The average Bonchev–Trinajstić information content (AvgIpc) is 2.82. The molecule has 2 rings (SSSR count). The molecule has 0 aliphatic carbocycles. The van der Waals surface area contributed by atoms with Gasteiger partial charge in [0, 0.05) is 18.8 Å². The predicted octanol–water partition coefficient (Wildman–Crippen LogP) is 1.07. The van der Waals surface area contributed by atoms with E-state index in [1.165, 1.54) is 0 Å². The summed E-state index contributed by atoms with van der Waals surface area (Å²) in [7, 11) is 3.36. The smallest absolute Gasteiger partial charge is 0.244 e. The molecule has 0 fully saturated rings. The number of carbonyl (C=O) groups excluding carboxylic acids is 1. The number of primary amides is 1. The summed E-state index contributed by atoms with van der Waals surface area (Å²) in [4.78, 5) is 11.6. The number of methoxy groups -OCH3 is 1. The Morgan fingerprint density at radius 1 is 1.47 bits per heavy atom. The highest BCUT2D eigenvalue weighted by atomic mass is 16.5. The Kier molecular flexibility index (Phi) is 3.70. The number of rotatable bonds is 5. The molecule has 1 unspecified atom stereocenters. The van der Waals surface area contributed by atoms with Crippen molar-refractivity contribution >= 4 is 11.6 Å². The van der Waals surface area contributed by atoms with Gasteiger partial charge in [-0.05, 0) is 12.1 Å². The number of carbonyl (C=O) groups is 1. The number of amides is 1. The van der Waals surface area contributed by atoms with Crippen molar-refractivity contribution in [1.29, 1.82) is 0 Å². The largest absolute Gasteiger partial charge is 0.495 e. The fourth-order valence-corrected chi connectivity index (χ4v) is 1.83. The number of hydrogen-bond acceptors (Lipinski definition) is 4. The first kappa shape index (κ1) is 12.9. The van der Waals surface area contributed by atoms with Crippen molar-refractivity contribution in [2.75, 3.05) is 12.4 Å². The molecule has 19 heavy (non-hydrogen) atoms. The third-order valence-electron chi connectivity index (χ3n) is 2.75. The van der Waals surface area contributed by atoms with Crippen LogP contribution >= 0.6 is 0 Å². The molecule has 6 nitrogen and oxygen atoms in total. The zero-order chi connectivity index (χ0) is 13.8. The Hall–Kier alpha value is -2.50. The first-order valence-corrected chi connectivity index (χ1v) is 5.79. The second-order valence-corrected chi connectivity index (χ2v) is 4.13. The van der Waals surface area contributed by atoms with Crippen molar-refractivity contribution < 1.29 is 9.53 Å². The van der Waals surface area contributed by atoms with Crippen LogP contribution in [0.4, 0.5) is 5.69 Å². The van der Waals surface area contributed by atoms with Gasteiger partial charge in [-0.1, -0.05) is 12.1 Å². The second-order valence-electron chi connectivity index (χ2n) is 4.13. The quantitative estimate of drug-likeness (QED) is 0.842. The molecular formula is C13H16N4O2. The molecule has 1 amide bonds. The molecule has 3 N–H and O–H groups in total. The SMILES string of the molecule is COc1ccccc1NC(C(N)=O)c1cnn(C)c1. The van der Waals surface area contributed by atoms with Gasteiger partial charge in [0.15, 0.2) is 0 Å². The van der Waals surface area contributed by atoms with Crippen LogP contribution in [0.3, 0.4) is 0 Å². The molecule has 0 aliphatic heterocycles. The number of nitrogens with one attached hydrogen (secondary N) is 1. The number of aromatic nitrogens is 2. The minimum Gasteiger partial charge on any atom is -0.495 e. The first-order valence-electron chi connectivity index (χ1n) is 5.79. The summed E-state index contributed by atoms with van der Waals surface area (Å²) in [6, 6.07) is 6.69. The zero-order valence-corrected chi connectivity index (χ0v) is 10.8. The van der Waals surface area contributed by atoms with Gasteiger partial charge >= 0.3 is 0 Å². The van der Waals surface area contributed by atoms with E-state index in [9.17, 15) is 4.79 Å². The normalized spacial score (nSPS) is 11.9. The van der Waals surface area contributed by atoms with E-state index in [2.05, 4.69) is 10.4 Å². The Balaban J connectivity index is 2.29. The lowest BCUT2D eigenvalue weighted by atomic mass is 10.1. The molecule has 0 bridgehead atoms. The van der Waals surface area contributed by atoms with Crippen molar-refractivity contribution in [2.24, 2.45) is 12.8 Å². The van der Waals surface area contributed by atoms with Crippen molar-refractivity contribution in [1.82, 2.24) is 9.78 Å². The van der Waals surface area contributed by atoms with Crippen LogP contribution in [0.2, 0.25) is 0 Å². The van der Waals surface area contributed by atoms with Crippen LogP contribution in [0.5, 0.6) is 5.75 Å². The van der Waals surface area contributed by atoms with Crippen LogP contribution < -0.4 is 15.8 Å². The maximum atomic E-state index is 11.6. The van der Waals surface area contributed by atoms with E-state index in [1.54, 1.807) is 31.2 Å². The van der Waals surface area contributed by atoms with Gasteiger partial charge in [0.2, 0.25) is 5.91 Å². The lowest BCUT2D eigenvalue weighted by Crippen LogP contribution is -2.27. The van der Waals surface area contributed by atoms with Crippen LogP contribution in [0.1, 0.15) is 11.6 Å². The number of hydrogen-bond donors (Lipinski definition) is 2. The minimum atomic E-state index is -0.648.